The number of carbonyl (C=O) groups is 2. The standard InChI is InChI=1S/C15H16ClN3O2S/c1-18(2)14(20)11-4-3-5-19(11)15(21)12-6-9-10(16)7-17-8-13(9)22-12/h6-8,11H,3-5H2,1-2H3. The summed E-state index contributed by atoms with van der Waals surface area (Å²) < 4.78 is 0.880. The third kappa shape index (κ3) is 2.57. The van der Waals surface area contributed by atoms with Crippen LogP contribution in [0, 0.1) is 0 Å². The maximum atomic E-state index is 12.8. The molecule has 1 unspecified atom stereocenters. The molecular weight excluding hydrogens is 322 g/mol. The monoisotopic (exact) mass is 337 g/mol. The van der Waals surface area contributed by atoms with E-state index in [4.69, 9.17) is 11.6 Å². The fraction of sp³-hybridized carbons (Fsp3) is 0.400. The first kappa shape index (κ1) is 15.2. The van der Waals surface area contributed by atoms with Crippen molar-refractivity contribution in [2.45, 2.75) is 18.9 Å². The van der Waals surface area contributed by atoms with Gasteiger partial charge in [-0.15, -0.1) is 11.3 Å². The molecule has 0 bridgehead atoms. The average Bonchev–Trinajstić information content (AvgIpc) is 3.13. The Morgan fingerprint density at radius 1 is 1.41 bits per heavy atom. The highest BCUT2D eigenvalue weighted by atomic mass is 35.5. The molecule has 2 aromatic rings. The van der Waals surface area contributed by atoms with Crippen molar-refractivity contribution in [3.05, 3.63) is 28.4 Å². The Morgan fingerprint density at radius 2 is 2.18 bits per heavy atom. The highest BCUT2D eigenvalue weighted by Crippen LogP contribution is 2.32. The van der Waals surface area contributed by atoms with Crippen molar-refractivity contribution in [2.75, 3.05) is 20.6 Å². The van der Waals surface area contributed by atoms with E-state index in [1.54, 1.807) is 42.4 Å². The first-order valence-corrected chi connectivity index (χ1v) is 8.23. The van der Waals surface area contributed by atoms with Crippen molar-refractivity contribution in [1.82, 2.24) is 14.8 Å². The lowest BCUT2D eigenvalue weighted by atomic mass is 10.2. The molecule has 5 nitrogen and oxygen atoms in total. The van der Waals surface area contributed by atoms with E-state index in [0.29, 0.717) is 16.4 Å². The highest BCUT2D eigenvalue weighted by Gasteiger charge is 2.35. The maximum Gasteiger partial charge on any atom is 0.264 e. The van der Waals surface area contributed by atoms with Gasteiger partial charge in [-0.1, -0.05) is 11.6 Å². The van der Waals surface area contributed by atoms with Crippen LogP contribution in [-0.2, 0) is 4.79 Å². The molecule has 7 heteroatoms. The molecular formula is C15H16ClN3O2S. The van der Waals surface area contributed by atoms with E-state index in [-0.39, 0.29) is 17.9 Å². The zero-order valence-electron chi connectivity index (χ0n) is 12.4. The molecule has 1 aliphatic rings. The molecule has 116 valence electrons. The summed E-state index contributed by atoms with van der Waals surface area (Å²) in [6.45, 7) is 0.614. The fourth-order valence-electron chi connectivity index (χ4n) is 2.74. The second-order valence-electron chi connectivity index (χ2n) is 5.53. The Balaban J connectivity index is 1.91. The number of pyridine rings is 1. The lowest BCUT2D eigenvalue weighted by Gasteiger charge is -2.25. The van der Waals surface area contributed by atoms with Crippen LogP contribution in [0.5, 0.6) is 0 Å². The number of hydrogen-bond acceptors (Lipinski definition) is 4. The van der Waals surface area contributed by atoms with E-state index in [1.165, 1.54) is 11.3 Å². The summed E-state index contributed by atoms with van der Waals surface area (Å²) in [5, 5.41) is 1.37. The van der Waals surface area contributed by atoms with Gasteiger partial charge in [0.05, 0.1) is 14.6 Å². The SMILES string of the molecule is CN(C)C(=O)C1CCCN1C(=O)c1cc2c(Cl)cncc2s1. The number of halogens is 1. The van der Waals surface area contributed by atoms with Crippen LogP contribution in [0.3, 0.4) is 0 Å². The summed E-state index contributed by atoms with van der Waals surface area (Å²) in [5.74, 6) is -0.123. The number of rotatable bonds is 2. The molecule has 3 heterocycles. The molecule has 1 atom stereocenters. The normalized spacial score (nSPS) is 18.0. The molecule has 1 aliphatic heterocycles. The number of likely N-dealkylation sites (tertiary alicyclic amines) is 1. The van der Waals surface area contributed by atoms with Gasteiger partial charge in [0, 0.05) is 38.4 Å². The quantitative estimate of drug-likeness (QED) is 0.846. The third-order valence-corrected chi connectivity index (χ3v) is 5.21. The Kier molecular flexibility index (Phi) is 4.06. The van der Waals surface area contributed by atoms with Crippen molar-refractivity contribution in [1.29, 1.82) is 0 Å². The minimum atomic E-state index is -0.360. The molecule has 1 saturated heterocycles. The molecule has 0 aromatic carbocycles. The number of aromatic nitrogens is 1. The number of nitrogens with zero attached hydrogens (tertiary/aromatic N) is 3. The van der Waals surface area contributed by atoms with Crippen LogP contribution in [-0.4, -0.2) is 53.3 Å². The zero-order chi connectivity index (χ0) is 15.9. The van der Waals surface area contributed by atoms with Gasteiger partial charge in [-0.25, -0.2) is 0 Å². The van der Waals surface area contributed by atoms with E-state index in [1.807, 2.05) is 0 Å². The Labute approximate surface area is 137 Å². The third-order valence-electron chi connectivity index (χ3n) is 3.85. The van der Waals surface area contributed by atoms with Gasteiger partial charge in [0.15, 0.2) is 0 Å². The maximum absolute atomic E-state index is 12.8. The van der Waals surface area contributed by atoms with Gasteiger partial charge in [-0.05, 0) is 18.9 Å². The lowest BCUT2D eigenvalue weighted by Crippen LogP contribution is -2.45. The van der Waals surface area contributed by atoms with Crippen LogP contribution in [0.25, 0.3) is 10.1 Å². The Bertz CT molecular complexity index is 743. The molecule has 22 heavy (non-hydrogen) atoms. The van der Waals surface area contributed by atoms with Gasteiger partial charge in [0.1, 0.15) is 6.04 Å². The summed E-state index contributed by atoms with van der Waals surface area (Å²) >= 11 is 7.48. The zero-order valence-corrected chi connectivity index (χ0v) is 13.9. The minimum absolute atomic E-state index is 0.0216. The van der Waals surface area contributed by atoms with Crippen LogP contribution in [0.1, 0.15) is 22.5 Å². The summed E-state index contributed by atoms with van der Waals surface area (Å²) in [5.41, 5.74) is 0. The minimum Gasteiger partial charge on any atom is -0.347 e. The van der Waals surface area contributed by atoms with Crippen LogP contribution >= 0.6 is 22.9 Å². The molecule has 1 fully saturated rings. The van der Waals surface area contributed by atoms with E-state index >= 15 is 0 Å². The van der Waals surface area contributed by atoms with Crippen molar-refractivity contribution in [2.24, 2.45) is 0 Å². The van der Waals surface area contributed by atoms with Crippen molar-refractivity contribution in [3.63, 3.8) is 0 Å². The first-order chi connectivity index (χ1) is 10.5. The van der Waals surface area contributed by atoms with Gasteiger partial charge in [-0.3, -0.25) is 14.6 Å². The van der Waals surface area contributed by atoms with Crippen LogP contribution in [0.15, 0.2) is 18.5 Å². The van der Waals surface area contributed by atoms with E-state index in [2.05, 4.69) is 4.98 Å². The van der Waals surface area contributed by atoms with Gasteiger partial charge in [0.2, 0.25) is 5.91 Å². The average molecular weight is 338 g/mol. The smallest absolute Gasteiger partial charge is 0.264 e. The first-order valence-electron chi connectivity index (χ1n) is 7.04. The second kappa shape index (κ2) is 5.85. The van der Waals surface area contributed by atoms with Gasteiger partial charge in [-0.2, -0.15) is 0 Å². The molecule has 0 radical (unpaired) electrons. The fourth-order valence-corrected chi connectivity index (χ4v) is 4.02. The van der Waals surface area contributed by atoms with Gasteiger partial charge in [0.25, 0.3) is 5.91 Å². The summed E-state index contributed by atoms with van der Waals surface area (Å²) in [7, 11) is 3.43. The number of amides is 2. The van der Waals surface area contributed by atoms with Crippen LogP contribution < -0.4 is 0 Å². The molecule has 3 rings (SSSR count). The summed E-state index contributed by atoms with van der Waals surface area (Å²) in [4.78, 5) is 32.9. The highest BCUT2D eigenvalue weighted by molar-refractivity contribution is 7.20. The van der Waals surface area contributed by atoms with E-state index in [0.717, 1.165) is 22.9 Å². The molecule has 0 saturated carbocycles. The van der Waals surface area contributed by atoms with Crippen molar-refractivity contribution < 1.29 is 9.59 Å². The van der Waals surface area contributed by atoms with Crippen molar-refractivity contribution >= 4 is 44.8 Å². The topological polar surface area (TPSA) is 53.5 Å². The van der Waals surface area contributed by atoms with E-state index in [9.17, 15) is 9.59 Å². The predicted molar refractivity (Wildman–Crippen MR) is 87.4 cm³/mol. The lowest BCUT2D eigenvalue weighted by molar-refractivity contribution is -0.132. The Morgan fingerprint density at radius 3 is 2.86 bits per heavy atom. The molecule has 2 aromatic heterocycles. The molecule has 0 aliphatic carbocycles. The van der Waals surface area contributed by atoms with Gasteiger partial charge >= 0.3 is 0 Å². The number of hydrogen-bond donors (Lipinski definition) is 0. The van der Waals surface area contributed by atoms with E-state index < -0.39 is 0 Å². The second-order valence-corrected chi connectivity index (χ2v) is 7.02. The van der Waals surface area contributed by atoms with Crippen LogP contribution in [0.4, 0.5) is 0 Å². The molecule has 0 spiro atoms. The summed E-state index contributed by atoms with van der Waals surface area (Å²) in [6.07, 6.45) is 4.84. The number of carbonyl (C=O) groups excluding carboxylic acids is 2. The number of fused-ring (bicyclic) bond motifs is 1. The van der Waals surface area contributed by atoms with Crippen LogP contribution in [0.2, 0.25) is 5.02 Å². The van der Waals surface area contributed by atoms with Crippen molar-refractivity contribution in [3.8, 4) is 0 Å². The van der Waals surface area contributed by atoms with Gasteiger partial charge < -0.3 is 9.80 Å². The molecule has 0 N–H and O–H groups in total. The Hall–Kier alpha value is -1.66. The number of thiophene rings is 1. The summed E-state index contributed by atoms with van der Waals surface area (Å²) in [6, 6.07) is 1.43. The largest absolute Gasteiger partial charge is 0.347 e. The molecule has 2 amide bonds. The predicted octanol–water partition coefficient (Wildman–Crippen LogP) is 2.64. The number of likely N-dealkylation sites (N-methyl/N-ethyl adjacent to an activating group) is 1.